The number of fused-ring (bicyclic) bond motifs is 8. The highest BCUT2D eigenvalue weighted by molar-refractivity contribution is 6.55. The fraction of sp³-hybridized carbons (Fsp3) is 0.182. The van der Waals surface area contributed by atoms with Crippen LogP contribution in [0.15, 0.2) is 84.9 Å². The highest BCUT2D eigenvalue weighted by atomic mass is 14.6. The number of nitrogen functional groups attached to an aromatic ring is 2. The van der Waals surface area contributed by atoms with E-state index in [0.717, 1.165) is 11.4 Å². The first-order chi connectivity index (χ1) is 21.9. The molecule has 0 spiro atoms. The normalized spacial score (nSPS) is 13.6. The SMILES string of the molecule is CC(C)(C)c1ccc2c(c1)c1ccc3ccc(N)c4c3c1c1c2c2c(N)ccc3ccc5c6cc(C(C)(C)C)ccc6c4c1c5c32. The molecule has 0 aliphatic heterocycles. The molecule has 0 fully saturated rings. The Bertz CT molecular complexity index is 2730. The van der Waals surface area contributed by atoms with Crippen molar-refractivity contribution in [3.05, 3.63) is 96.1 Å². The van der Waals surface area contributed by atoms with Gasteiger partial charge in [0, 0.05) is 54.5 Å². The molecule has 0 radical (unpaired) electrons. The van der Waals surface area contributed by atoms with E-state index in [-0.39, 0.29) is 10.8 Å². The molecule has 2 heteroatoms. The summed E-state index contributed by atoms with van der Waals surface area (Å²) in [5, 5.41) is 22.7. The zero-order valence-electron chi connectivity index (χ0n) is 27.2. The number of rotatable bonds is 0. The van der Waals surface area contributed by atoms with Crippen LogP contribution >= 0.6 is 0 Å². The minimum absolute atomic E-state index is 0.0230. The molecule has 0 bridgehead atoms. The van der Waals surface area contributed by atoms with Crippen molar-refractivity contribution in [3.63, 3.8) is 0 Å². The minimum Gasteiger partial charge on any atom is -0.398 e. The lowest BCUT2D eigenvalue weighted by molar-refractivity contribution is 0.591. The van der Waals surface area contributed by atoms with Crippen LogP contribution in [0.2, 0.25) is 0 Å². The van der Waals surface area contributed by atoms with Crippen LogP contribution in [0.1, 0.15) is 52.7 Å². The van der Waals surface area contributed by atoms with Gasteiger partial charge in [-0.05, 0) is 100 Å². The van der Waals surface area contributed by atoms with Crippen molar-refractivity contribution in [2.45, 2.75) is 52.4 Å². The van der Waals surface area contributed by atoms with Crippen molar-refractivity contribution >= 4 is 108 Å². The minimum atomic E-state index is 0.0230. The first-order valence-electron chi connectivity index (χ1n) is 16.4. The van der Waals surface area contributed by atoms with Gasteiger partial charge in [-0.3, -0.25) is 0 Å². The summed E-state index contributed by atoms with van der Waals surface area (Å²) in [5.74, 6) is 0. The quantitative estimate of drug-likeness (QED) is 0.105. The van der Waals surface area contributed by atoms with E-state index in [0.29, 0.717) is 0 Å². The van der Waals surface area contributed by atoms with E-state index in [1.807, 2.05) is 0 Å². The lowest BCUT2D eigenvalue weighted by Crippen LogP contribution is -2.11. The molecule has 46 heavy (non-hydrogen) atoms. The molecule has 10 aromatic carbocycles. The molecule has 0 atom stereocenters. The third-order valence-electron chi connectivity index (χ3n) is 11.1. The molecule has 4 N–H and O–H groups in total. The summed E-state index contributed by atoms with van der Waals surface area (Å²) >= 11 is 0. The lowest BCUT2D eigenvalue weighted by atomic mass is 9.76. The van der Waals surface area contributed by atoms with Crippen LogP contribution in [0.3, 0.4) is 0 Å². The molecule has 0 unspecified atom stereocenters. The van der Waals surface area contributed by atoms with Crippen molar-refractivity contribution in [1.29, 1.82) is 0 Å². The molecule has 0 aliphatic rings. The summed E-state index contributed by atoms with van der Waals surface area (Å²) in [5.41, 5.74) is 18.5. The zero-order chi connectivity index (χ0) is 31.6. The summed E-state index contributed by atoms with van der Waals surface area (Å²) in [7, 11) is 0. The number of hydrogen-bond donors (Lipinski definition) is 2. The Balaban J connectivity index is 1.66. The van der Waals surface area contributed by atoms with Gasteiger partial charge in [0.15, 0.2) is 0 Å². The van der Waals surface area contributed by atoms with Crippen molar-refractivity contribution in [3.8, 4) is 0 Å². The second-order valence-electron chi connectivity index (χ2n) is 15.8. The van der Waals surface area contributed by atoms with Crippen molar-refractivity contribution in [2.75, 3.05) is 11.5 Å². The van der Waals surface area contributed by atoms with Crippen LogP contribution in [0, 0.1) is 0 Å². The van der Waals surface area contributed by atoms with Gasteiger partial charge in [-0.2, -0.15) is 0 Å². The van der Waals surface area contributed by atoms with E-state index in [9.17, 15) is 0 Å². The van der Waals surface area contributed by atoms with Crippen LogP contribution < -0.4 is 11.5 Å². The Morgan fingerprint density at radius 3 is 1.02 bits per heavy atom. The molecule has 0 amide bonds. The van der Waals surface area contributed by atoms with Crippen molar-refractivity contribution in [1.82, 2.24) is 0 Å². The number of hydrogen-bond acceptors (Lipinski definition) is 2. The highest BCUT2D eigenvalue weighted by Crippen LogP contribution is 2.56. The van der Waals surface area contributed by atoms with E-state index in [1.165, 1.54) is 108 Å². The van der Waals surface area contributed by atoms with Gasteiger partial charge < -0.3 is 11.5 Å². The van der Waals surface area contributed by atoms with Gasteiger partial charge in [0.25, 0.3) is 0 Å². The molecular weight excluding hydrogens is 556 g/mol. The molecule has 2 nitrogen and oxygen atoms in total. The Labute approximate surface area is 267 Å². The number of nitrogens with two attached hydrogens (primary N) is 2. The Kier molecular flexibility index (Phi) is 4.55. The monoisotopic (exact) mass is 592 g/mol. The van der Waals surface area contributed by atoms with Gasteiger partial charge in [-0.1, -0.05) is 102 Å². The summed E-state index contributed by atoms with van der Waals surface area (Å²) < 4.78 is 0. The highest BCUT2D eigenvalue weighted by Gasteiger charge is 2.28. The van der Waals surface area contributed by atoms with Crippen LogP contribution in [-0.2, 0) is 10.8 Å². The van der Waals surface area contributed by atoms with E-state index in [2.05, 4.69) is 126 Å². The third kappa shape index (κ3) is 2.99. The third-order valence-corrected chi connectivity index (χ3v) is 11.1. The van der Waals surface area contributed by atoms with Crippen LogP contribution in [0.5, 0.6) is 0 Å². The van der Waals surface area contributed by atoms with Gasteiger partial charge in [0.05, 0.1) is 0 Å². The Hall–Kier alpha value is -5.08. The van der Waals surface area contributed by atoms with E-state index >= 15 is 0 Å². The standard InChI is InChI=1S/C44H36N2/c1-43(2,3)23-11-15-27-29(19-23)25-13-7-21-9-18-32(46)40-33(21)35(25)41-37(27)39-31(45)17-10-22-8-14-26-30-20-24(44(4,5)6)12-16-28(30)38(40)42(41)36(26)34(22)39/h7-20H,45-46H2,1-6H3. The topological polar surface area (TPSA) is 52.0 Å². The van der Waals surface area contributed by atoms with Crippen LogP contribution in [0.25, 0.3) is 97.0 Å². The molecular formula is C44H36N2. The maximum Gasteiger partial charge on any atom is 0.0400 e. The van der Waals surface area contributed by atoms with Gasteiger partial charge >= 0.3 is 0 Å². The number of benzene rings is 10. The number of anilines is 2. The predicted molar refractivity (Wildman–Crippen MR) is 204 cm³/mol. The van der Waals surface area contributed by atoms with E-state index < -0.39 is 0 Å². The second-order valence-corrected chi connectivity index (χ2v) is 15.8. The average molecular weight is 593 g/mol. The molecule has 10 rings (SSSR count). The Morgan fingerprint density at radius 2 is 0.652 bits per heavy atom. The maximum absolute atomic E-state index is 7.09. The van der Waals surface area contributed by atoms with Crippen molar-refractivity contribution < 1.29 is 0 Å². The second kappa shape index (κ2) is 8.00. The van der Waals surface area contributed by atoms with Crippen LogP contribution in [-0.4, -0.2) is 0 Å². The first kappa shape index (κ1) is 26.2. The smallest absolute Gasteiger partial charge is 0.0400 e. The van der Waals surface area contributed by atoms with Gasteiger partial charge in [-0.25, -0.2) is 0 Å². The fourth-order valence-corrected chi connectivity index (χ4v) is 8.82. The maximum atomic E-state index is 7.09. The summed E-state index contributed by atoms with van der Waals surface area (Å²) in [4.78, 5) is 0. The first-order valence-corrected chi connectivity index (χ1v) is 16.4. The van der Waals surface area contributed by atoms with Gasteiger partial charge in [-0.15, -0.1) is 0 Å². The van der Waals surface area contributed by atoms with Gasteiger partial charge in [0.2, 0.25) is 0 Å². The molecule has 0 saturated heterocycles. The summed E-state index contributed by atoms with van der Waals surface area (Å²) in [6, 6.07) is 32.1. The summed E-state index contributed by atoms with van der Waals surface area (Å²) in [6.07, 6.45) is 0. The molecule has 0 aromatic heterocycles. The lowest BCUT2D eigenvalue weighted by Gasteiger charge is -2.27. The van der Waals surface area contributed by atoms with E-state index in [1.54, 1.807) is 0 Å². The average Bonchev–Trinajstić information content (AvgIpc) is 3.02. The largest absolute Gasteiger partial charge is 0.398 e. The molecule has 222 valence electrons. The fourth-order valence-electron chi connectivity index (χ4n) is 8.82. The molecule has 0 heterocycles. The van der Waals surface area contributed by atoms with Crippen molar-refractivity contribution in [2.24, 2.45) is 0 Å². The molecule has 0 aliphatic carbocycles. The van der Waals surface area contributed by atoms with Crippen LogP contribution in [0.4, 0.5) is 11.4 Å². The van der Waals surface area contributed by atoms with Gasteiger partial charge in [0.1, 0.15) is 0 Å². The molecule has 10 aromatic rings. The Morgan fingerprint density at radius 1 is 0.326 bits per heavy atom. The summed E-state index contributed by atoms with van der Waals surface area (Å²) in [6.45, 7) is 13.8. The molecule has 0 saturated carbocycles. The zero-order valence-corrected chi connectivity index (χ0v) is 27.2. The predicted octanol–water partition coefficient (Wildman–Crippen LogP) is 12.1. The van der Waals surface area contributed by atoms with E-state index in [4.69, 9.17) is 11.5 Å².